The van der Waals surface area contributed by atoms with Gasteiger partial charge in [-0.3, -0.25) is 9.78 Å². The first kappa shape index (κ1) is 26.4. The van der Waals surface area contributed by atoms with Gasteiger partial charge in [-0.25, -0.2) is 18.7 Å². The van der Waals surface area contributed by atoms with Gasteiger partial charge in [0.25, 0.3) is 5.56 Å². The molecular formula is C27H25ClF2N4O3. The second-order valence-electron chi connectivity index (χ2n) is 9.28. The molecule has 0 atom stereocenters. The summed E-state index contributed by atoms with van der Waals surface area (Å²) in [4.78, 5) is 25.3. The fourth-order valence-corrected chi connectivity index (χ4v) is 4.00. The van der Waals surface area contributed by atoms with Crippen LogP contribution in [0, 0.1) is 25.5 Å². The molecule has 0 unspecified atom stereocenters. The number of halogens is 3. The van der Waals surface area contributed by atoms with Gasteiger partial charge in [0.05, 0.1) is 11.4 Å². The number of hydrogen-bond donors (Lipinski definition) is 1. The van der Waals surface area contributed by atoms with E-state index >= 15 is 4.39 Å². The molecule has 4 aromatic rings. The molecule has 1 aromatic carbocycles. The van der Waals surface area contributed by atoms with Gasteiger partial charge in [0.1, 0.15) is 34.5 Å². The van der Waals surface area contributed by atoms with Crippen molar-refractivity contribution in [2.24, 2.45) is 7.05 Å². The molecule has 3 aromatic heterocycles. The van der Waals surface area contributed by atoms with Crippen LogP contribution < -0.4 is 10.3 Å². The SMILES string of the molecule is Cc1cnc(COc2cc(C)c(-c3cc(-c4ccnc(C(C)(C)O)n4)cc(=O)n3C)c(F)c2Cl)c(F)c1. The van der Waals surface area contributed by atoms with Crippen molar-refractivity contribution in [1.82, 2.24) is 19.5 Å². The van der Waals surface area contributed by atoms with E-state index in [4.69, 9.17) is 16.3 Å². The second kappa shape index (κ2) is 9.99. The van der Waals surface area contributed by atoms with Gasteiger partial charge in [-0.05, 0) is 63.1 Å². The molecule has 192 valence electrons. The molecule has 0 aliphatic carbocycles. The largest absolute Gasteiger partial charge is 0.485 e. The van der Waals surface area contributed by atoms with Crippen molar-refractivity contribution in [1.29, 1.82) is 0 Å². The van der Waals surface area contributed by atoms with Crippen molar-refractivity contribution in [3.8, 4) is 28.3 Å². The minimum Gasteiger partial charge on any atom is -0.485 e. The van der Waals surface area contributed by atoms with Gasteiger partial charge in [0, 0.05) is 36.6 Å². The van der Waals surface area contributed by atoms with E-state index in [-0.39, 0.29) is 40.2 Å². The Balaban J connectivity index is 1.76. The van der Waals surface area contributed by atoms with Crippen LogP contribution in [0.2, 0.25) is 5.02 Å². The topological polar surface area (TPSA) is 90.1 Å². The van der Waals surface area contributed by atoms with Gasteiger partial charge >= 0.3 is 0 Å². The average molecular weight is 527 g/mol. The van der Waals surface area contributed by atoms with Gasteiger partial charge in [-0.1, -0.05) is 11.6 Å². The molecule has 0 spiro atoms. The summed E-state index contributed by atoms with van der Waals surface area (Å²) >= 11 is 6.32. The van der Waals surface area contributed by atoms with Crippen LogP contribution in [-0.2, 0) is 19.3 Å². The highest BCUT2D eigenvalue weighted by Crippen LogP contribution is 2.38. The predicted molar refractivity (Wildman–Crippen MR) is 136 cm³/mol. The summed E-state index contributed by atoms with van der Waals surface area (Å²) in [5.74, 6) is -1.12. The molecule has 10 heteroatoms. The zero-order valence-electron chi connectivity index (χ0n) is 20.9. The predicted octanol–water partition coefficient (Wildman–Crippen LogP) is 5.26. The molecule has 0 aliphatic heterocycles. The fraction of sp³-hybridized carbons (Fsp3) is 0.259. The van der Waals surface area contributed by atoms with E-state index in [1.807, 2.05) is 0 Å². The lowest BCUT2D eigenvalue weighted by molar-refractivity contribution is 0.0688. The molecule has 0 fully saturated rings. The maximum absolute atomic E-state index is 15.7. The molecule has 4 rings (SSSR count). The van der Waals surface area contributed by atoms with Crippen molar-refractivity contribution in [2.75, 3.05) is 0 Å². The second-order valence-corrected chi connectivity index (χ2v) is 9.65. The summed E-state index contributed by atoms with van der Waals surface area (Å²) in [5.41, 5.74) is 0.668. The Labute approximate surface area is 217 Å². The van der Waals surface area contributed by atoms with E-state index in [0.717, 1.165) is 0 Å². The van der Waals surface area contributed by atoms with Crippen LogP contribution >= 0.6 is 11.6 Å². The van der Waals surface area contributed by atoms with Crippen molar-refractivity contribution < 1.29 is 18.6 Å². The highest BCUT2D eigenvalue weighted by Gasteiger charge is 2.23. The number of nitrogens with zero attached hydrogens (tertiary/aromatic N) is 4. The van der Waals surface area contributed by atoms with Gasteiger partial charge in [-0.2, -0.15) is 0 Å². The summed E-state index contributed by atoms with van der Waals surface area (Å²) < 4.78 is 36.7. The Morgan fingerprint density at radius 2 is 1.86 bits per heavy atom. The molecule has 0 saturated heterocycles. The Morgan fingerprint density at radius 1 is 1.14 bits per heavy atom. The van der Waals surface area contributed by atoms with Crippen molar-refractivity contribution in [3.05, 3.63) is 92.4 Å². The summed E-state index contributed by atoms with van der Waals surface area (Å²) in [6.07, 6.45) is 2.99. The maximum Gasteiger partial charge on any atom is 0.251 e. The van der Waals surface area contributed by atoms with E-state index in [1.165, 1.54) is 42.2 Å². The van der Waals surface area contributed by atoms with Crippen molar-refractivity contribution in [3.63, 3.8) is 0 Å². The lowest BCUT2D eigenvalue weighted by Crippen LogP contribution is -2.21. The third kappa shape index (κ3) is 5.38. The Kier molecular flexibility index (Phi) is 7.12. The molecule has 0 bridgehead atoms. The smallest absolute Gasteiger partial charge is 0.251 e. The first-order valence-corrected chi connectivity index (χ1v) is 11.7. The third-order valence-corrected chi connectivity index (χ3v) is 6.16. The number of rotatable bonds is 6. The van der Waals surface area contributed by atoms with E-state index < -0.39 is 22.8 Å². The Hall–Kier alpha value is -3.69. The average Bonchev–Trinajstić information content (AvgIpc) is 2.83. The van der Waals surface area contributed by atoms with Gasteiger partial charge < -0.3 is 14.4 Å². The number of hydrogen-bond acceptors (Lipinski definition) is 6. The van der Waals surface area contributed by atoms with Crippen LogP contribution in [0.3, 0.4) is 0 Å². The van der Waals surface area contributed by atoms with Crippen molar-refractivity contribution >= 4 is 11.6 Å². The van der Waals surface area contributed by atoms with Crippen LogP contribution in [0.1, 0.15) is 36.5 Å². The zero-order valence-corrected chi connectivity index (χ0v) is 21.7. The minimum atomic E-state index is -1.29. The highest BCUT2D eigenvalue weighted by atomic mass is 35.5. The van der Waals surface area contributed by atoms with E-state index in [2.05, 4.69) is 15.0 Å². The number of ether oxygens (including phenoxy) is 1. The molecule has 0 saturated carbocycles. The van der Waals surface area contributed by atoms with Crippen molar-refractivity contribution in [2.45, 2.75) is 39.9 Å². The molecular weight excluding hydrogens is 502 g/mol. The standard InChI is InChI=1S/C27H25ClF2N4O3/c1-14-8-17(29)19(32-12-14)13-37-21-9-15(2)23(25(30)24(21)28)20-10-16(11-22(35)34(20)5)18-6-7-31-26(33-18)27(3,4)36/h6-12,36H,13H2,1-5H3. The molecule has 0 radical (unpaired) electrons. The number of pyridine rings is 2. The highest BCUT2D eigenvalue weighted by molar-refractivity contribution is 6.32. The minimum absolute atomic E-state index is 0.0222. The summed E-state index contributed by atoms with van der Waals surface area (Å²) in [5, 5.41) is 9.97. The number of aryl methyl sites for hydroxylation is 2. The summed E-state index contributed by atoms with van der Waals surface area (Å²) in [6.45, 7) is 6.23. The van der Waals surface area contributed by atoms with Crippen LogP contribution in [0.15, 0.2) is 47.5 Å². The van der Waals surface area contributed by atoms with Crippen LogP contribution in [-0.4, -0.2) is 24.6 Å². The number of benzene rings is 1. The molecule has 37 heavy (non-hydrogen) atoms. The first-order valence-electron chi connectivity index (χ1n) is 11.4. The Bertz CT molecular complexity index is 1570. The monoisotopic (exact) mass is 526 g/mol. The Morgan fingerprint density at radius 3 is 2.54 bits per heavy atom. The van der Waals surface area contributed by atoms with E-state index in [0.29, 0.717) is 22.4 Å². The van der Waals surface area contributed by atoms with E-state index in [1.54, 1.807) is 39.8 Å². The lowest BCUT2D eigenvalue weighted by atomic mass is 10.0. The van der Waals surface area contributed by atoms with Crippen LogP contribution in [0.5, 0.6) is 5.75 Å². The molecule has 0 aliphatic rings. The fourth-order valence-electron chi connectivity index (χ4n) is 3.79. The van der Waals surface area contributed by atoms with Gasteiger partial charge in [0.15, 0.2) is 11.6 Å². The zero-order chi connectivity index (χ0) is 27.1. The molecule has 1 N–H and O–H groups in total. The number of aromatic nitrogens is 4. The van der Waals surface area contributed by atoms with Crippen LogP contribution in [0.4, 0.5) is 8.78 Å². The quantitative estimate of drug-likeness (QED) is 0.368. The normalized spacial score (nSPS) is 11.6. The number of aliphatic hydroxyl groups is 1. The maximum atomic E-state index is 15.7. The van der Waals surface area contributed by atoms with Gasteiger partial charge in [-0.15, -0.1) is 0 Å². The van der Waals surface area contributed by atoms with E-state index in [9.17, 15) is 14.3 Å². The molecule has 7 nitrogen and oxygen atoms in total. The van der Waals surface area contributed by atoms with Gasteiger partial charge in [0.2, 0.25) is 0 Å². The van der Waals surface area contributed by atoms with Crippen LogP contribution in [0.25, 0.3) is 22.5 Å². The third-order valence-electron chi connectivity index (χ3n) is 5.81. The summed E-state index contributed by atoms with van der Waals surface area (Å²) in [6, 6.07) is 7.44. The molecule has 0 amide bonds. The lowest BCUT2D eigenvalue weighted by Gasteiger charge is -2.18. The molecule has 3 heterocycles. The summed E-state index contributed by atoms with van der Waals surface area (Å²) in [7, 11) is 1.52. The first-order chi connectivity index (χ1) is 17.4.